The van der Waals surface area contributed by atoms with Crippen LogP contribution in [0.15, 0.2) is 41.1 Å². The van der Waals surface area contributed by atoms with Gasteiger partial charge in [0.2, 0.25) is 0 Å². The highest BCUT2D eigenvalue weighted by Gasteiger charge is 2.25. The van der Waals surface area contributed by atoms with Gasteiger partial charge >= 0.3 is 0 Å². The molecule has 32 heavy (non-hydrogen) atoms. The number of Topliss-reactive ketones (excluding diaryl/α,β-unsaturated/α-hetero) is 1. The molecule has 0 bridgehead atoms. The molecule has 5 rings (SSSR count). The zero-order valence-electron chi connectivity index (χ0n) is 18.5. The van der Waals surface area contributed by atoms with Gasteiger partial charge in [0.1, 0.15) is 5.52 Å². The fourth-order valence-corrected chi connectivity index (χ4v) is 3.99. The smallest absolute Gasteiger partial charge is 0.253 e. The van der Waals surface area contributed by atoms with E-state index in [0.29, 0.717) is 61.4 Å². The number of carbonyl (C=O) groups is 1. The number of benzene rings is 1. The molecule has 4 aromatic rings. The average Bonchev–Trinajstić information content (AvgIpc) is 3.44. The zero-order valence-corrected chi connectivity index (χ0v) is 18.5. The highest BCUT2D eigenvalue weighted by atomic mass is 16.5. The van der Waals surface area contributed by atoms with Gasteiger partial charge in [-0.3, -0.25) is 4.79 Å². The first-order valence-corrected chi connectivity index (χ1v) is 10.8. The van der Waals surface area contributed by atoms with Crippen molar-refractivity contribution in [3.8, 4) is 17.1 Å². The monoisotopic (exact) mass is 431 g/mol. The van der Waals surface area contributed by atoms with Gasteiger partial charge in [-0.15, -0.1) is 0 Å². The summed E-state index contributed by atoms with van der Waals surface area (Å²) in [6, 6.07) is 8.27. The number of anilines is 1. The molecule has 1 saturated heterocycles. The second kappa shape index (κ2) is 8.20. The number of fused-ring (bicyclic) bond motifs is 1. The van der Waals surface area contributed by atoms with Crippen LogP contribution in [0, 0.1) is 13.8 Å². The maximum atomic E-state index is 12.4. The topological polar surface area (TPSA) is 86.3 Å². The van der Waals surface area contributed by atoms with Gasteiger partial charge in [0.15, 0.2) is 22.9 Å². The summed E-state index contributed by atoms with van der Waals surface area (Å²) in [7, 11) is 0. The van der Waals surface area contributed by atoms with E-state index in [0.717, 1.165) is 16.7 Å². The predicted octanol–water partition coefficient (Wildman–Crippen LogP) is 4.12. The molecule has 1 aliphatic rings. The Morgan fingerprint density at radius 3 is 2.69 bits per heavy atom. The van der Waals surface area contributed by atoms with Crippen molar-refractivity contribution < 1.29 is 13.9 Å². The molecule has 0 saturated carbocycles. The summed E-state index contributed by atoms with van der Waals surface area (Å²) < 4.78 is 13.2. The third-order valence-electron chi connectivity index (χ3n) is 5.76. The van der Waals surface area contributed by atoms with Crippen LogP contribution in [0.5, 0.6) is 0 Å². The number of morpholine rings is 1. The fraction of sp³-hybridized carbons (Fsp3) is 0.333. The Morgan fingerprint density at radius 2 is 1.94 bits per heavy atom. The quantitative estimate of drug-likeness (QED) is 0.439. The van der Waals surface area contributed by atoms with Crippen molar-refractivity contribution in [1.82, 2.24) is 19.7 Å². The molecular formula is C24H25N5O3. The molecule has 0 spiro atoms. The minimum absolute atomic E-state index is 0.0456. The summed E-state index contributed by atoms with van der Waals surface area (Å²) in [6.45, 7) is 8.37. The van der Waals surface area contributed by atoms with E-state index < -0.39 is 0 Å². The Labute approximate surface area is 185 Å². The predicted molar refractivity (Wildman–Crippen MR) is 121 cm³/mol. The van der Waals surface area contributed by atoms with Gasteiger partial charge in [-0.05, 0) is 19.4 Å². The molecule has 4 heterocycles. The van der Waals surface area contributed by atoms with E-state index in [1.54, 1.807) is 4.68 Å². The number of hydrogen-bond donors (Lipinski definition) is 0. The molecule has 0 radical (unpaired) electrons. The highest BCUT2D eigenvalue weighted by molar-refractivity contribution is 6.01. The van der Waals surface area contributed by atoms with Crippen LogP contribution in [-0.4, -0.2) is 51.8 Å². The van der Waals surface area contributed by atoms with E-state index in [1.165, 1.54) is 5.56 Å². The third-order valence-corrected chi connectivity index (χ3v) is 5.76. The van der Waals surface area contributed by atoms with Crippen molar-refractivity contribution in [3.63, 3.8) is 0 Å². The molecule has 0 aliphatic carbocycles. The molecule has 0 atom stereocenters. The first-order chi connectivity index (χ1) is 15.5. The SMILES string of the molecule is CCC(=O)c1oc2c(N3CCOCC3)nc(-n3cc(-c4cccc(C)c4)cn3)nc2c1C. The van der Waals surface area contributed by atoms with Crippen molar-refractivity contribution in [2.24, 2.45) is 0 Å². The van der Waals surface area contributed by atoms with E-state index >= 15 is 0 Å². The number of rotatable bonds is 5. The summed E-state index contributed by atoms with van der Waals surface area (Å²) in [6.07, 6.45) is 4.10. The van der Waals surface area contributed by atoms with Crippen LogP contribution in [0.1, 0.15) is 35.0 Å². The van der Waals surface area contributed by atoms with Crippen LogP contribution in [0.3, 0.4) is 0 Å². The van der Waals surface area contributed by atoms with Crippen molar-refractivity contribution in [2.75, 3.05) is 31.2 Å². The summed E-state index contributed by atoms with van der Waals surface area (Å²) in [4.78, 5) is 24.1. The van der Waals surface area contributed by atoms with Crippen molar-refractivity contribution in [1.29, 1.82) is 0 Å². The number of nitrogens with zero attached hydrogens (tertiary/aromatic N) is 5. The molecule has 1 aliphatic heterocycles. The number of carbonyl (C=O) groups excluding carboxylic acids is 1. The van der Waals surface area contributed by atoms with Crippen LogP contribution in [-0.2, 0) is 4.74 Å². The third kappa shape index (κ3) is 3.56. The summed E-state index contributed by atoms with van der Waals surface area (Å²) in [5.74, 6) is 1.41. The molecule has 0 amide bonds. The molecular weight excluding hydrogens is 406 g/mol. The van der Waals surface area contributed by atoms with Gasteiger partial charge in [0, 0.05) is 36.8 Å². The Morgan fingerprint density at radius 1 is 1.12 bits per heavy atom. The molecule has 3 aromatic heterocycles. The van der Waals surface area contributed by atoms with E-state index in [1.807, 2.05) is 32.3 Å². The number of aryl methyl sites for hydroxylation is 2. The van der Waals surface area contributed by atoms with E-state index in [4.69, 9.17) is 19.1 Å². The largest absolute Gasteiger partial charge is 0.447 e. The molecule has 8 heteroatoms. The van der Waals surface area contributed by atoms with E-state index in [-0.39, 0.29) is 5.78 Å². The van der Waals surface area contributed by atoms with Crippen LogP contribution in [0.25, 0.3) is 28.2 Å². The number of ketones is 1. The Kier molecular flexibility index (Phi) is 5.22. The van der Waals surface area contributed by atoms with Crippen molar-refractivity contribution in [3.05, 3.63) is 53.5 Å². The molecule has 0 N–H and O–H groups in total. The molecule has 1 fully saturated rings. The maximum absolute atomic E-state index is 12.4. The van der Waals surface area contributed by atoms with Gasteiger partial charge in [-0.25, -0.2) is 9.67 Å². The summed E-state index contributed by atoms with van der Waals surface area (Å²) in [5.41, 5.74) is 5.16. The lowest BCUT2D eigenvalue weighted by Gasteiger charge is -2.27. The van der Waals surface area contributed by atoms with Gasteiger partial charge in [-0.2, -0.15) is 10.1 Å². The lowest BCUT2D eigenvalue weighted by Crippen LogP contribution is -2.37. The first-order valence-electron chi connectivity index (χ1n) is 10.8. The molecule has 8 nitrogen and oxygen atoms in total. The number of furan rings is 1. The lowest BCUT2D eigenvalue weighted by atomic mass is 10.1. The van der Waals surface area contributed by atoms with E-state index in [9.17, 15) is 4.79 Å². The lowest BCUT2D eigenvalue weighted by molar-refractivity contribution is 0.0962. The fourth-order valence-electron chi connectivity index (χ4n) is 3.99. The van der Waals surface area contributed by atoms with Crippen LogP contribution in [0.2, 0.25) is 0 Å². The number of hydrogen-bond acceptors (Lipinski definition) is 7. The Hall–Kier alpha value is -3.52. The molecule has 164 valence electrons. The van der Waals surface area contributed by atoms with Gasteiger partial charge in [-0.1, -0.05) is 36.8 Å². The number of ether oxygens (including phenoxy) is 1. The molecule has 0 unspecified atom stereocenters. The van der Waals surface area contributed by atoms with E-state index in [2.05, 4.69) is 35.1 Å². The maximum Gasteiger partial charge on any atom is 0.253 e. The van der Waals surface area contributed by atoms with Crippen molar-refractivity contribution >= 4 is 22.7 Å². The molecule has 1 aromatic carbocycles. The second-order valence-electron chi connectivity index (χ2n) is 8.00. The van der Waals surface area contributed by atoms with Crippen LogP contribution >= 0.6 is 0 Å². The first kappa shape index (κ1) is 20.4. The number of aromatic nitrogens is 4. The minimum atomic E-state index is -0.0456. The van der Waals surface area contributed by atoms with Gasteiger partial charge in [0.25, 0.3) is 5.95 Å². The average molecular weight is 431 g/mol. The zero-order chi connectivity index (χ0) is 22.2. The van der Waals surface area contributed by atoms with Gasteiger partial charge < -0.3 is 14.1 Å². The minimum Gasteiger partial charge on any atom is -0.447 e. The Balaban J connectivity index is 1.65. The van der Waals surface area contributed by atoms with Gasteiger partial charge in [0.05, 0.1) is 19.4 Å². The Bertz CT molecular complexity index is 1300. The normalized spacial score (nSPS) is 14.3. The highest BCUT2D eigenvalue weighted by Crippen LogP contribution is 2.33. The summed E-state index contributed by atoms with van der Waals surface area (Å²) >= 11 is 0. The van der Waals surface area contributed by atoms with Crippen LogP contribution in [0.4, 0.5) is 5.82 Å². The summed E-state index contributed by atoms with van der Waals surface area (Å²) in [5, 5.41) is 4.52. The van der Waals surface area contributed by atoms with Crippen LogP contribution < -0.4 is 4.90 Å². The standard InChI is InChI=1S/C24H25N5O3/c1-4-19(30)21-16(3)20-22(32-21)23(28-8-10-31-11-9-28)27-24(26-20)29-14-18(13-25-29)17-7-5-6-15(2)12-17/h5-7,12-14H,4,8-11H2,1-3H3. The van der Waals surface area contributed by atoms with Crippen molar-refractivity contribution in [2.45, 2.75) is 27.2 Å². The second-order valence-corrected chi connectivity index (χ2v) is 8.00.